The lowest BCUT2D eigenvalue weighted by Gasteiger charge is -2.21. The average Bonchev–Trinajstić information content (AvgIpc) is 2.45. The molecule has 7 heteroatoms. The molecule has 0 saturated carbocycles. The second-order valence-electron chi connectivity index (χ2n) is 5.07. The average molecular weight is 294 g/mol. The van der Waals surface area contributed by atoms with Gasteiger partial charge in [0.15, 0.2) is 0 Å². The molecule has 0 aromatic heterocycles. The van der Waals surface area contributed by atoms with Crippen molar-refractivity contribution in [1.29, 1.82) is 0 Å². The molecule has 1 rings (SSSR count). The molecule has 0 aliphatic carbocycles. The van der Waals surface area contributed by atoms with Gasteiger partial charge in [0.1, 0.15) is 5.69 Å². The Labute approximate surface area is 124 Å². The lowest BCUT2D eigenvalue weighted by atomic mass is 10.1. The Morgan fingerprint density at radius 1 is 1.43 bits per heavy atom. The maximum absolute atomic E-state index is 11.6. The van der Waals surface area contributed by atoms with E-state index in [1.807, 2.05) is 7.05 Å². The van der Waals surface area contributed by atoms with Crippen LogP contribution in [0.3, 0.4) is 0 Å². The lowest BCUT2D eigenvalue weighted by Crippen LogP contribution is -2.31. The van der Waals surface area contributed by atoms with Gasteiger partial charge >= 0.3 is 0 Å². The molecule has 0 aliphatic rings. The van der Waals surface area contributed by atoms with E-state index >= 15 is 0 Å². The summed E-state index contributed by atoms with van der Waals surface area (Å²) in [4.78, 5) is 24.3. The van der Waals surface area contributed by atoms with Crippen LogP contribution in [0.5, 0.6) is 0 Å². The molecule has 0 atom stereocenters. The smallest absolute Gasteiger partial charge is 0.292 e. The first-order valence-corrected chi connectivity index (χ1v) is 6.81. The van der Waals surface area contributed by atoms with E-state index in [-0.39, 0.29) is 11.6 Å². The third kappa shape index (κ3) is 4.71. The fraction of sp³-hybridized carbons (Fsp3) is 0.500. The Bertz CT molecular complexity index is 517. The van der Waals surface area contributed by atoms with Gasteiger partial charge in [-0.3, -0.25) is 14.9 Å². The Morgan fingerprint density at radius 2 is 2.10 bits per heavy atom. The van der Waals surface area contributed by atoms with Crippen LogP contribution in [-0.2, 0) is 0 Å². The molecule has 116 valence electrons. The summed E-state index contributed by atoms with van der Waals surface area (Å²) >= 11 is 0. The second-order valence-corrected chi connectivity index (χ2v) is 5.07. The van der Waals surface area contributed by atoms with Crippen LogP contribution in [0.2, 0.25) is 0 Å². The highest BCUT2D eigenvalue weighted by Gasteiger charge is 2.16. The van der Waals surface area contributed by atoms with Gasteiger partial charge in [0.2, 0.25) is 0 Å². The van der Waals surface area contributed by atoms with Crippen LogP contribution < -0.4 is 10.6 Å². The minimum absolute atomic E-state index is 0.0325. The van der Waals surface area contributed by atoms with Crippen LogP contribution in [0.15, 0.2) is 18.2 Å². The number of hydrogen-bond acceptors (Lipinski definition) is 5. The molecule has 1 aromatic carbocycles. The zero-order valence-electron chi connectivity index (χ0n) is 12.8. The molecule has 0 radical (unpaired) electrons. The van der Waals surface area contributed by atoms with Crippen molar-refractivity contribution >= 4 is 17.3 Å². The van der Waals surface area contributed by atoms with E-state index in [9.17, 15) is 14.9 Å². The molecule has 0 spiro atoms. The number of nitro groups is 1. The highest BCUT2D eigenvalue weighted by Crippen LogP contribution is 2.25. The highest BCUT2D eigenvalue weighted by molar-refractivity contribution is 5.95. The standard InChI is InChI=1S/C14H22N4O3/c1-10(2)17(4)8-7-16-12-9-11(14(19)15-3)5-6-13(12)18(20)21/h5-6,9-10,16H,7-8H2,1-4H3,(H,15,19). The first-order chi connectivity index (χ1) is 9.86. The van der Waals surface area contributed by atoms with Crippen LogP contribution in [0, 0.1) is 10.1 Å². The summed E-state index contributed by atoms with van der Waals surface area (Å²) in [5.41, 5.74) is 0.718. The number of amides is 1. The predicted octanol–water partition coefficient (Wildman–Crippen LogP) is 1.71. The Hall–Kier alpha value is -2.15. The third-order valence-corrected chi connectivity index (χ3v) is 3.34. The summed E-state index contributed by atoms with van der Waals surface area (Å²) in [5.74, 6) is -0.271. The van der Waals surface area contributed by atoms with Crippen LogP contribution >= 0.6 is 0 Å². The number of nitrogens with zero attached hydrogens (tertiary/aromatic N) is 2. The number of nitrogens with one attached hydrogen (secondary N) is 2. The molecule has 2 N–H and O–H groups in total. The fourth-order valence-electron chi connectivity index (χ4n) is 1.75. The van der Waals surface area contributed by atoms with Crippen molar-refractivity contribution in [2.75, 3.05) is 32.5 Å². The minimum Gasteiger partial charge on any atom is -0.378 e. The van der Waals surface area contributed by atoms with Gasteiger partial charge in [0.25, 0.3) is 11.6 Å². The molecule has 1 aromatic rings. The number of benzene rings is 1. The Balaban J connectivity index is 2.86. The molecular formula is C14H22N4O3. The van der Waals surface area contributed by atoms with Gasteiger partial charge in [-0.1, -0.05) is 0 Å². The largest absolute Gasteiger partial charge is 0.378 e. The quantitative estimate of drug-likeness (QED) is 0.590. The molecule has 0 aliphatic heterocycles. The summed E-state index contributed by atoms with van der Waals surface area (Å²) in [6.07, 6.45) is 0. The van der Waals surface area contributed by atoms with Gasteiger partial charge in [0, 0.05) is 37.8 Å². The van der Waals surface area contributed by atoms with E-state index in [0.29, 0.717) is 23.8 Å². The molecule has 0 unspecified atom stereocenters. The molecule has 0 heterocycles. The zero-order chi connectivity index (χ0) is 16.0. The monoisotopic (exact) mass is 294 g/mol. The Morgan fingerprint density at radius 3 is 2.62 bits per heavy atom. The summed E-state index contributed by atoms with van der Waals surface area (Å²) in [6.45, 7) is 5.47. The van der Waals surface area contributed by atoms with Crippen molar-refractivity contribution in [2.24, 2.45) is 0 Å². The van der Waals surface area contributed by atoms with E-state index in [4.69, 9.17) is 0 Å². The molecule has 0 saturated heterocycles. The summed E-state index contributed by atoms with van der Waals surface area (Å²) in [6, 6.07) is 4.70. The van der Waals surface area contributed by atoms with Crippen molar-refractivity contribution < 1.29 is 9.72 Å². The summed E-state index contributed by atoms with van der Waals surface area (Å²) in [7, 11) is 3.51. The number of carbonyl (C=O) groups excluding carboxylic acids is 1. The molecule has 1 amide bonds. The van der Waals surface area contributed by atoms with E-state index in [1.54, 1.807) is 0 Å². The number of hydrogen-bond donors (Lipinski definition) is 2. The molecule has 21 heavy (non-hydrogen) atoms. The van der Waals surface area contributed by atoms with Crippen molar-refractivity contribution in [1.82, 2.24) is 10.2 Å². The van der Waals surface area contributed by atoms with E-state index in [2.05, 4.69) is 29.4 Å². The Kier molecular flexibility index (Phi) is 6.10. The molecule has 0 bridgehead atoms. The number of nitro benzene ring substituents is 1. The van der Waals surface area contributed by atoms with Crippen molar-refractivity contribution in [2.45, 2.75) is 19.9 Å². The number of rotatable bonds is 7. The highest BCUT2D eigenvalue weighted by atomic mass is 16.6. The zero-order valence-corrected chi connectivity index (χ0v) is 12.8. The van der Waals surface area contributed by atoms with Crippen molar-refractivity contribution in [3.63, 3.8) is 0 Å². The maximum Gasteiger partial charge on any atom is 0.292 e. The summed E-state index contributed by atoms with van der Waals surface area (Å²) < 4.78 is 0. The SMILES string of the molecule is CNC(=O)c1ccc([N+](=O)[O-])c(NCCN(C)C(C)C)c1. The van der Waals surface area contributed by atoms with Gasteiger partial charge < -0.3 is 15.5 Å². The first-order valence-electron chi connectivity index (χ1n) is 6.81. The predicted molar refractivity (Wildman–Crippen MR) is 82.7 cm³/mol. The van der Waals surface area contributed by atoms with Crippen molar-refractivity contribution in [3.05, 3.63) is 33.9 Å². The van der Waals surface area contributed by atoms with Gasteiger partial charge in [-0.2, -0.15) is 0 Å². The van der Waals surface area contributed by atoms with E-state index in [0.717, 1.165) is 6.54 Å². The summed E-state index contributed by atoms with van der Waals surface area (Å²) in [5, 5.41) is 16.6. The number of carbonyl (C=O) groups is 1. The van der Waals surface area contributed by atoms with E-state index < -0.39 is 4.92 Å². The van der Waals surface area contributed by atoms with Crippen LogP contribution in [0.4, 0.5) is 11.4 Å². The maximum atomic E-state index is 11.6. The van der Waals surface area contributed by atoms with Gasteiger partial charge in [-0.15, -0.1) is 0 Å². The van der Waals surface area contributed by atoms with Gasteiger partial charge in [-0.25, -0.2) is 0 Å². The minimum atomic E-state index is -0.456. The van der Waals surface area contributed by atoms with Crippen molar-refractivity contribution in [3.8, 4) is 0 Å². The third-order valence-electron chi connectivity index (χ3n) is 3.34. The second kappa shape index (κ2) is 7.58. The van der Waals surface area contributed by atoms with Crippen LogP contribution in [0.1, 0.15) is 24.2 Å². The van der Waals surface area contributed by atoms with Gasteiger partial charge in [0.05, 0.1) is 4.92 Å². The topological polar surface area (TPSA) is 87.5 Å². The molecule has 0 fully saturated rings. The number of anilines is 1. The lowest BCUT2D eigenvalue weighted by molar-refractivity contribution is -0.384. The van der Waals surface area contributed by atoms with E-state index in [1.165, 1.54) is 25.2 Å². The normalized spacial score (nSPS) is 10.8. The molecular weight excluding hydrogens is 272 g/mol. The van der Waals surface area contributed by atoms with Crippen LogP contribution in [-0.4, -0.2) is 49.0 Å². The van der Waals surface area contributed by atoms with Crippen LogP contribution in [0.25, 0.3) is 0 Å². The first kappa shape index (κ1) is 16.9. The fourth-order valence-corrected chi connectivity index (χ4v) is 1.75. The van der Waals surface area contributed by atoms with Gasteiger partial charge in [-0.05, 0) is 33.0 Å². The number of likely N-dealkylation sites (N-methyl/N-ethyl adjacent to an activating group) is 1. The molecule has 7 nitrogen and oxygen atoms in total.